The number of H-pyrrole nitrogens is 1. The summed E-state index contributed by atoms with van der Waals surface area (Å²) in [4.78, 5) is 14.8. The highest BCUT2D eigenvalue weighted by Gasteiger charge is 2.06. The Morgan fingerprint density at radius 3 is 2.77 bits per heavy atom. The molecule has 3 N–H and O–H groups in total. The van der Waals surface area contributed by atoms with Crippen molar-refractivity contribution in [3.8, 4) is 0 Å². The van der Waals surface area contributed by atoms with E-state index in [9.17, 15) is 0 Å². The van der Waals surface area contributed by atoms with Crippen molar-refractivity contribution in [3.63, 3.8) is 0 Å². The molecule has 0 atom stereocenters. The quantitative estimate of drug-likeness (QED) is 0.292. The Labute approximate surface area is 160 Å². The molecule has 0 aliphatic rings. The topological polar surface area (TPSA) is 67.1 Å². The van der Waals surface area contributed by atoms with Gasteiger partial charge in [0.2, 0.25) is 0 Å². The van der Waals surface area contributed by atoms with Crippen molar-refractivity contribution in [2.45, 2.75) is 11.3 Å². The zero-order valence-corrected chi connectivity index (χ0v) is 15.9. The van der Waals surface area contributed by atoms with Gasteiger partial charge < -0.3 is 10.7 Å². The van der Waals surface area contributed by atoms with Crippen molar-refractivity contribution < 1.29 is 0 Å². The number of benzene rings is 2. The molecule has 0 radical (unpaired) electrons. The van der Waals surface area contributed by atoms with Crippen molar-refractivity contribution in [3.05, 3.63) is 76.2 Å². The minimum atomic E-state index is 0.535. The fraction of sp³-hybridized carbons (Fsp3) is 0.100. The molecule has 0 amide bonds. The summed E-state index contributed by atoms with van der Waals surface area (Å²) in [5.41, 5.74) is 10.1. The second kappa shape index (κ2) is 7.35. The number of hydrogen-bond donors (Lipinski definition) is 2. The van der Waals surface area contributed by atoms with Gasteiger partial charge in [0.1, 0.15) is 11.7 Å². The number of amidine groups is 1. The monoisotopic (exact) mass is 378 g/mol. The summed E-state index contributed by atoms with van der Waals surface area (Å²) in [6.45, 7) is 0. The van der Waals surface area contributed by atoms with Crippen LogP contribution in [0.3, 0.4) is 0 Å². The smallest absolute Gasteiger partial charge is 0.141 e. The number of rotatable bonds is 5. The maximum atomic E-state index is 6.08. The van der Waals surface area contributed by atoms with Crippen molar-refractivity contribution in [2.24, 2.45) is 10.7 Å². The van der Waals surface area contributed by atoms with E-state index in [1.165, 1.54) is 10.5 Å². The van der Waals surface area contributed by atoms with Gasteiger partial charge in [-0.15, -0.1) is 23.1 Å². The molecule has 26 heavy (non-hydrogen) atoms. The largest absolute Gasteiger partial charge is 0.383 e. The Hall–Kier alpha value is -2.57. The number of imidazole rings is 1. The average Bonchev–Trinajstić information content (AvgIpc) is 3.31. The molecule has 2 aromatic carbocycles. The van der Waals surface area contributed by atoms with Crippen LogP contribution in [0.4, 0.5) is 5.69 Å². The van der Waals surface area contributed by atoms with Crippen molar-refractivity contribution in [1.82, 2.24) is 9.97 Å². The van der Waals surface area contributed by atoms with Gasteiger partial charge in [0, 0.05) is 11.3 Å². The summed E-state index contributed by atoms with van der Waals surface area (Å²) >= 11 is 3.33. The van der Waals surface area contributed by atoms with E-state index in [0.717, 1.165) is 33.8 Å². The number of fused-ring (bicyclic) bond motifs is 1. The molecular formula is C20H18N4S2. The molecule has 4 rings (SSSR count). The highest BCUT2D eigenvalue weighted by molar-refractivity contribution is 7.98. The lowest BCUT2D eigenvalue weighted by molar-refractivity contribution is 1.04. The summed E-state index contributed by atoms with van der Waals surface area (Å²) in [6.07, 6.45) is 2.86. The normalized spacial score (nSPS) is 12.0. The lowest BCUT2D eigenvalue weighted by Crippen LogP contribution is -2.10. The minimum Gasteiger partial charge on any atom is -0.383 e. The zero-order valence-electron chi connectivity index (χ0n) is 14.3. The van der Waals surface area contributed by atoms with Gasteiger partial charge in [0.05, 0.1) is 21.6 Å². The minimum absolute atomic E-state index is 0.535. The second-order valence-corrected chi connectivity index (χ2v) is 7.71. The molecule has 0 saturated heterocycles. The molecule has 0 spiro atoms. The Morgan fingerprint density at radius 1 is 1.19 bits per heavy atom. The van der Waals surface area contributed by atoms with Gasteiger partial charge in [0.15, 0.2) is 0 Å². The third-order valence-electron chi connectivity index (χ3n) is 4.07. The summed E-state index contributed by atoms with van der Waals surface area (Å²) in [7, 11) is 0. The molecule has 2 heterocycles. The van der Waals surface area contributed by atoms with Crippen molar-refractivity contribution in [1.29, 1.82) is 0 Å². The number of aromatic amines is 1. The number of thiophene rings is 1. The van der Waals surface area contributed by atoms with Crippen LogP contribution in [0.5, 0.6) is 0 Å². The Kier molecular flexibility index (Phi) is 4.77. The van der Waals surface area contributed by atoms with Crippen molar-refractivity contribution in [2.75, 3.05) is 6.26 Å². The summed E-state index contributed by atoms with van der Waals surface area (Å²) in [6, 6.07) is 18.4. The molecule has 6 heteroatoms. The van der Waals surface area contributed by atoms with Crippen LogP contribution in [0.2, 0.25) is 0 Å². The van der Waals surface area contributed by atoms with Crippen LogP contribution in [0.15, 0.2) is 69.9 Å². The number of aromatic nitrogens is 2. The second-order valence-electron chi connectivity index (χ2n) is 5.88. The standard InChI is InChI=1S/C20H18N4S2/c1-25-15-7-4-13(5-8-15)11-19-23-16-9-6-14(12-17(16)24-19)22-20(21)18-3-2-10-26-18/h2-10,12H,11H2,1H3,(H2,21,22)(H,23,24). The molecule has 0 fully saturated rings. The number of nitrogens with two attached hydrogens (primary N) is 1. The van der Waals surface area contributed by atoms with E-state index >= 15 is 0 Å². The Morgan fingerprint density at radius 2 is 2.04 bits per heavy atom. The molecule has 4 aromatic rings. The lowest BCUT2D eigenvalue weighted by atomic mass is 10.1. The van der Waals surface area contributed by atoms with E-state index in [2.05, 4.69) is 45.5 Å². The molecule has 2 aromatic heterocycles. The first kappa shape index (κ1) is 16.9. The van der Waals surface area contributed by atoms with Gasteiger partial charge in [-0.2, -0.15) is 0 Å². The number of nitrogens with one attached hydrogen (secondary N) is 1. The molecule has 0 unspecified atom stereocenters. The number of aliphatic imine (C=N–C) groups is 1. The third-order valence-corrected chi connectivity index (χ3v) is 5.70. The summed E-state index contributed by atoms with van der Waals surface area (Å²) in [5.74, 6) is 1.48. The van der Waals surface area contributed by atoms with E-state index in [1.54, 1.807) is 23.1 Å². The van der Waals surface area contributed by atoms with Crippen LogP contribution in [0, 0.1) is 0 Å². The van der Waals surface area contributed by atoms with E-state index in [0.29, 0.717) is 5.84 Å². The first-order chi connectivity index (χ1) is 12.7. The van der Waals surface area contributed by atoms with Crippen LogP contribution >= 0.6 is 23.1 Å². The Bertz CT molecular complexity index is 1050. The number of hydrogen-bond acceptors (Lipinski definition) is 4. The predicted octanol–water partition coefficient (Wildman–Crippen LogP) is 4.97. The van der Waals surface area contributed by atoms with Crippen LogP contribution < -0.4 is 5.73 Å². The molecule has 0 saturated carbocycles. The first-order valence-electron chi connectivity index (χ1n) is 8.21. The van der Waals surface area contributed by atoms with Gasteiger partial charge in [-0.05, 0) is 53.6 Å². The van der Waals surface area contributed by atoms with E-state index in [1.807, 2.05) is 35.7 Å². The fourth-order valence-corrected chi connectivity index (χ4v) is 3.79. The van der Waals surface area contributed by atoms with E-state index < -0.39 is 0 Å². The molecular weight excluding hydrogens is 360 g/mol. The first-order valence-corrected chi connectivity index (χ1v) is 10.3. The molecule has 0 aliphatic carbocycles. The van der Waals surface area contributed by atoms with Crippen LogP contribution in [-0.2, 0) is 6.42 Å². The number of thioether (sulfide) groups is 1. The molecule has 130 valence electrons. The van der Waals surface area contributed by atoms with Crippen LogP contribution in [0.25, 0.3) is 11.0 Å². The van der Waals surface area contributed by atoms with E-state index in [-0.39, 0.29) is 0 Å². The van der Waals surface area contributed by atoms with Gasteiger partial charge in [-0.3, -0.25) is 0 Å². The fourth-order valence-electron chi connectivity index (χ4n) is 2.76. The van der Waals surface area contributed by atoms with Crippen LogP contribution in [-0.4, -0.2) is 22.1 Å². The zero-order chi connectivity index (χ0) is 17.9. The summed E-state index contributed by atoms with van der Waals surface area (Å²) < 4.78 is 0. The molecule has 0 aliphatic heterocycles. The predicted molar refractivity (Wildman–Crippen MR) is 112 cm³/mol. The highest BCUT2D eigenvalue weighted by atomic mass is 32.2. The summed E-state index contributed by atoms with van der Waals surface area (Å²) in [5, 5.41) is 1.99. The lowest BCUT2D eigenvalue weighted by Gasteiger charge is -2.00. The van der Waals surface area contributed by atoms with Crippen molar-refractivity contribution >= 4 is 45.7 Å². The van der Waals surface area contributed by atoms with Gasteiger partial charge in [-0.1, -0.05) is 18.2 Å². The highest BCUT2D eigenvalue weighted by Crippen LogP contribution is 2.22. The van der Waals surface area contributed by atoms with Gasteiger partial charge in [-0.25, -0.2) is 9.98 Å². The van der Waals surface area contributed by atoms with Gasteiger partial charge >= 0.3 is 0 Å². The number of nitrogens with zero attached hydrogens (tertiary/aromatic N) is 2. The third kappa shape index (κ3) is 3.66. The average molecular weight is 379 g/mol. The SMILES string of the molecule is CSc1ccc(Cc2nc3ccc(N=C(N)c4cccs4)cc3[nH]2)cc1. The van der Waals surface area contributed by atoms with Gasteiger partial charge in [0.25, 0.3) is 0 Å². The maximum absolute atomic E-state index is 6.08. The molecule has 4 nitrogen and oxygen atoms in total. The Balaban J connectivity index is 1.58. The van der Waals surface area contributed by atoms with Crippen LogP contribution in [0.1, 0.15) is 16.3 Å². The van der Waals surface area contributed by atoms with E-state index in [4.69, 9.17) is 5.73 Å². The molecule has 0 bridgehead atoms. The maximum Gasteiger partial charge on any atom is 0.141 e.